The van der Waals surface area contributed by atoms with Gasteiger partial charge in [-0.2, -0.15) is 0 Å². The van der Waals surface area contributed by atoms with Crippen LogP contribution in [0, 0.1) is 5.82 Å². The van der Waals surface area contributed by atoms with Gasteiger partial charge in [0.1, 0.15) is 5.75 Å². The number of para-hydroxylation sites is 2. The summed E-state index contributed by atoms with van der Waals surface area (Å²) in [5.74, 6) is 0.0619. The van der Waals surface area contributed by atoms with Gasteiger partial charge in [-0.25, -0.2) is 4.39 Å². The van der Waals surface area contributed by atoms with Crippen molar-refractivity contribution in [2.75, 3.05) is 11.9 Å². The molecule has 0 saturated carbocycles. The van der Waals surface area contributed by atoms with E-state index in [0.29, 0.717) is 22.2 Å². The van der Waals surface area contributed by atoms with E-state index < -0.39 is 11.7 Å². The number of amides is 1. The van der Waals surface area contributed by atoms with Crippen molar-refractivity contribution in [1.29, 1.82) is 0 Å². The lowest BCUT2D eigenvalue weighted by Crippen LogP contribution is -2.20. The number of hydrogen-bond acceptors (Lipinski definition) is 3. The van der Waals surface area contributed by atoms with Gasteiger partial charge in [0, 0.05) is 5.02 Å². The molecule has 0 radical (unpaired) electrons. The first-order chi connectivity index (χ1) is 12.6. The zero-order valence-electron chi connectivity index (χ0n) is 13.6. The van der Waals surface area contributed by atoms with Crippen LogP contribution in [0.15, 0.2) is 72.8 Å². The number of halogens is 2. The fourth-order valence-electron chi connectivity index (χ4n) is 2.20. The molecule has 0 saturated heterocycles. The van der Waals surface area contributed by atoms with Gasteiger partial charge in [0.2, 0.25) is 0 Å². The molecule has 132 valence electrons. The van der Waals surface area contributed by atoms with E-state index in [1.807, 2.05) is 18.2 Å². The van der Waals surface area contributed by atoms with Crippen LogP contribution < -0.4 is 14.8 Å². The second-order valence-electron chi connectivity index (χ2n) is 5.32. The van der Waals surface area contributed by atoms with E-state index in [2.05, 4.69) is 5.32 Å². The molecule has 0 aliphatic rings. The van der Waals surface area contributed by atoms with Crippen LogP contribution in [0.3, 0.4) is 0 Å². The molecule has 0 aliphatic carbocycles. The highest BCUT2D eigenvalue weighted by molar-refractivity contribution is 6.31. The van der Waals surface area contributed by atoms with E-state index in [0.717, 1.165) is 0 Å². The van der Waals surface area contributed by atoms with Crippen LogP contribution in [0.1, 0.15) is 0 Å². The summed E-state index contributed by atoms with van der Waals surface area (Å²) in [6.07, 6.45) is 0. The fraction of sp³-hybridized carbons (Fsp3) is 0.0500. The molecule has 0 atom stereocenters. The average molecular weight is 372 g/mol. The number of ether oxygens (including phenoxy) is 2. The Balaban J connectivity index is 1.69. The summed E-state index contributed by atoms with van der Waals surface area (Å²) in [5, 5.41) is 3.11. The first-order valence-electron chi connectivity index (χ1n) is 7.81. The molecule has 26 heavy (non-hydrogen) atoms. The molecule has 3 aromatic carbocycles. The van der Waals surface area contributed by atoms with Gasteiger partial charge in [-0.3, -0.25) is 4.79 Å². The van der Waals surface area contributed by atoms with Crippen molar-refractivity contribution in [1.82, 2.24) is 0 Å². The summed E-state index contributed by atoms with van der Waals surface area (Å²) in [5.41, 5.74) is 0.392. The molecule has 0 aromatic heterocycles. The first kappa shape index (κ1) is 17.8. The number of carbonyl (C=O) groups is 1. The molecule has 0 spiro atoms. The first-order valence-corrected chi connectivity index (χ1v) is 8.19. The monoisotopic (exact) mass is 371 g/mol. The van der Waals surface area contributed by atoms with Gasteiger partial charge in [0.15, 0.2) is 23.9 Å². The standard InChI is InChI=1S/C20H15ClFNO3/c21-14-10-11-19(26-15-6-2-1-3-7-15)17(12-14)23-20(24)13-25-18-9-5-4-8-16(18)22/h1-12H,13H2,(H,23,24). The quantitative estimate of drug-likeness (QED) is 0.640. The normalized spacial score (nSPS) is 10.2. The third-order valence-corrected chi connectivity index (χ3v) is 3.62. The maximum absolute atomic E-state index is 13.5. The lowest BCUT2D eigenvalue weighted by molar-refractivity contribution is -0.118. The van der Waals surface area contributed by atoms with Crippen molar-refractivity contribution in [3.8, 4) is 17.2 Å². The van der Waals surface area contributed by atoms with Gasteiger partial charge in [-0.15, -0.1) is 0 Å². The maximum atomic E-state index is 13.5. The molecule has 1 N–H and O–H groups in total. The van der Waals surface area contributed by atoms with Gasteiger partial charge in [-0.1, -0.05) is 41.9 Å². The minimum absolute atomic E-state index is 0.00880. The summed E-state index contributed by atoms with van der Waals surface area (Å²) in [4.78, 5) is 12.2. The average Bonchev–Trinajstić information content (AvgIpc) is 2.64. The van der Waals surface area contributed by atoms with E-state index in [4.69, 9.17) is 21.1 Å². The van der Waals surface area contributed by atoms with Crippen molar-refractivity contribution in [2.45, 2.75) is 0 Å². The minimum Gasteiger partial charge on any atom is -0.481 e. The summed E-state index contributed by atoms with van der Waals surface area (Å²) in [6, 6.07) is 19.9. The largest absolute Gasteiger partial charge is 0.481 e. The van der Waals surface area contributed by atoms with Crippen molar-refractivity contribution >= 4 is 23.2 Å². The fourth-order valence-corrected chi connectivity index (χ4v) is 2.37. The lowest BCUT2D eigenvalue weighted by atomic mass is 10.2. The number of carbonyl (C=O) groups excluding carboxylic acids is 1. The Labute approximate surface area is 155 Å². The Morgan fingerprint density at radius 2 is 1.69 bits per heavy atom. The van der Waals surface area contributed by atoms with Crippen molar-refractivity contribution < 1.29 is 18.7 Å². The molecular weight excluding hydrogens is 357 g/mol. The minimum atomic E-state index is -0.531. The summed E-state index contributed by atoms with van der Waals surface area (Å²) >= 11 is 6.01. The second-order valence-corrected chi connectivity index (χ2v) is 5.76. The molecule has 4 nitrogen and oxygen atoms in total. The maximum Gasteiger partial charge on any atom is 0.262 e. The zero-order valence-corrected chi connectivity index (χ0v) is 14.4. The topological polar surface area (TPSA) is 47.6 Å². The van der Waals surface area contributed by atoms with Crippen LogP contribution in [0.5, 0.6) is 17.2 Å². The van der Waals surface area contributed by atoms with Crippen molar-refractivity contribution in [2.24, 2.45) is 0 Å². The Hall–Kier alpha value is -3.05. The lowest BCUT2D eigenvalue weighted by Gasteiger charge is -2.13. The molecule has 3 aromatic rings. The van der Waals surface area contributed by atoms with Crippen LogP contribution in [-0.4, -0.2) is 12.5 Å². The molecule has 0 fully saturated rings. The molecule has 0 bridgehead atoms. The van der Waals surface area contributed by atoms with Crippen LogP contribution in [-0.2, 0) is 4.79 Å². The molecule has 6 heteroatoms. The van der Waals surface area contributed by atoms with Gasteiger partial charge in [0.05, 0.1) is 5.69 Å². The number of nitrogens with one attached hydrogen (secondary N) is 1. The predicted octanol–water partition coefficient (Wildman–Crippen LogP) is 5.29. The third kappa shape index (κ3) is 4.74. The molecule has 3 rings (SSSR count). The number of benzene rings is 3. The number of rotatable bonds is 6. The summed E-state index contributed by atoms with van der Waals surface area (Å²) in [7, 11) is 0. The third-order valence-electron chi connectivity index (χ3n) is 3.38. The van der Waals surface area contributed by atoms with Crippen LogP contribution in [0.25, 0.3) is 0 Å². The van der Waals surface area contributed by atoms with Gasteiger partial charge < -0.3 is 14.8 Å². The SMILES string of the molecule is O=C(COc1ccccc1F)Nc1cc(Cl)ccc1Oc1ccccc1. The Morgan fingerprint density at radius 1 is 0.962 bits per heavy atom. The molecular formula is C20H15ClFNO3. The Kier molecular flexibility index (Phi) is 5.71. The zero-order chi connectivity index (χ0) is 18.4. The highest BCUT2D eigenvalue weighted by Crippen LogP contribution is 2.32. The second kappa shape index (κ2) is 8.36. The van der Waals surface area contributed by atoms with Gasteiger partial charge in [0.25, 0.3) is 5.91 Å². The number of hydrogen-bond donors (Lipinski definition) is 1. The molecule has 0 unspecified atom stereocenters. The Bertz CT molecular complexity index is 903. The van der Waals surface area contributed by atoms with E-state index >= 15 is 0 Å². The van der Waals surface area contributed by atoms with Crippen molar-refractivity contribution in [3.05, 3.63) is 83.6 Å². The van der Waals surface area contributed by atoms with E-state index in [9.17, 15) is 9.18 Å². The van der Waals surface area contributed by atoms with Crippen LogP contribution in [0.4, 0.5) is 10.1 Å². The van der Waals surface area contributed by atoms with Crippen LogP contribution in [0.2, 0.25) is 5.02 Å². The summed E-state index contributed by atoms with van der Waals surface area (Å²) < 4.78 is 24.5. The summed E-state index contributed by atoms with van der Waals surface area (Å²) in [6.45, 7) is -0.349. The molecule has 1 amide bonds. The molecule has 0 heterocycles. The van der Waals surface area contributed by atoms with Gasteiger partial charge in [-0.05, 0) is 42.5 Å². The van der Waals surface area contributed by atoms with Gasteiger partial charge >= 0.3 is 0 Å². The van der Waals surface area contributed by atoms with E-state index in [-0.39, 0.29) is 12.4 Å². The Morgan fingerprint density at radius 3 is 2.46 bits per heavy atom. The predicted molar refractivity (Wildman–Crippen MR) is 98.5 cm³/mol. The van der Waals surface area contributed by atoms with E-state index in [1.54, 1.807) is 42.5 Å². The molecule has 0 aliphatic heterocycles. The smallest absolute Gasteiger partial charge is 0.262 e. The van der Waals surface area contributed by atoms with Crippen LogP contribution >= 0.6 is 11.6 Å². The number of anilines is 1. The highest BCUT2D eigenvalue weighted by atomic mass is 35.5. The van der Waals surface area contributed by atoms with E-state index in [1.165, 1.54) is 12.1 Å². The van der Waals surface area contributed by atoms with Crippen molar-refractivity contribution in [3.63, 3.8) is 0 Å². The highest BCUT2D eigenvalue weighted by Gasteiger charge is 2.11.